The summed E-state index contributed by atoms with van der Waals surface area (Å²) in [7, 11) is 0. The zero-order chi connectivity index (χ0) is 4.83. The van der Waals surface area contributed by atoms with E-state index in [9.17, 15) is 0 Å². The molecule has 0 aliphatic rings. The predicted octanol–water partition coefficient (Wildman–Crippen LogP) is 0.0561. The van der Waals surface area contributed by atoms with Crippen molar-refractivity contribution >= 4 is 4.92 Å². The van der Waals surface area contributed by atoms with Crippen molar-refractivity contribution in [3.63, 3.8) is 0 Å². The van der Waals surface area contributed by atoms with E-state index in [1.165, 1.54) is 6.08 Å². The van der Waals surface area contributed by atoms with E-state index in [0.29, 0.717) is 0 Å². The van der Waals surface area contributed by atoms with Crippen LogP contribution in [0.2, 0.25) is 0 Å². The molecule has 0 aromatic carbocycles. The van der Waals surface area contributed by atoms with Gasteiger partial charge in [0.1, 0.15) is 0 Å². The third-order valence-corrected chi connectivity index (χ3v) is 0.503. The van der Waals surface area contributed by atoms with Crippen molar-refractivity contribution in [2.75, 3.05) is 0 Å². The van der Waals surface area contributed by atoms with Crippen LogP contribution in [0.3, 0.4) is 0 Å². The van der Waals surface area contributed by atoms with Gasteiger partial charge in [0.2, 0.25) is 0 Å². The van der Waals surface area contributed by atoms with E-state index >= 15 is 0 Å². The third-order valence-electron chi connectivity index (χ3n) is 0.290. The Labute approximate surface area is 51.4 Å². The van der Waals surface area contributed by atoms with Crippen molar-refractivity contribution in [1.29, 1.82) is 0 Å². The molecule has 0 atom stereocenters. The number of hydrogen-bond donors (Lipinski definition) is 0. The summed E-state index contributed by atoms with van der Waals surface area (Å²) in [5.74, 6) is 0. The topological polar surface area (TPSA) is 31.5 Å². The van der Waals surface area contributed by atoms with Crippen LogP contribution in [-0.4, -0.2) is 10.4 Å². The molecule has 0 aromatic rings. The molecule has 2 heteroatoms. The molecule has 0 aliphatic carbocycles. The predicted molar refractivity (Wildman–Crippen MR) is 27.7 cm³/mol. The van der Waals surface area contributed by atoms with E-state index in [0.717, 1.165) is 0 Å². The fourth-order valence-electron chi connectivity index (χ4n) is 0.103. The summed E-state index contributed by atoms with van der Waals surface area (Å²) in [6.07, 6.45) is 4.94. The molecule has 41 valence electrons. The average Bonchev–Trinajstić information content (AvgIpc) is 1.61. The Hall–Kier alpha value is -0.171. The molecule has 1 nitrogen and oxygen atoms in total. The van der Waals surface area contributed by atoms with Crippen LogP contribution in [-0.2, 0) is 15.6 Å². The second-order valence-electron chi connectivity index (χ2n) is 0.695. The van der Waals surface area contributed by atoms with Crippen molar-refractivity contribution < 1.29 is 21.1 Å². The number of allylic oxidation sites excluding steroid dienone is 3. The maximum absolute atomic E-state index is 4.96. The van der Waals surface area contributed by atoms with E-state index < -0.39 is 0 Å². The normalized spacial score (nSPS) is 7.43. The van der Waals surface area contributed by atoms with Crippen LogP contribution in [0.5, 0.6) is 0 Å². The van der Waals surface area contributed by atoms with Gasteiger partial charge in [-0.15, -0.1) is 0 Å². The van der Waals surface area contributed by atoms with Gasteiger partial charge in [0, 0.05) is 0 Å². The molecule has 0 unspecified atom stereocenters. The van der Waals surface area contributed by atoms with Crippen molar-refractivity contribution in [2.45, 2.75) is 0 Å². The first kappa shape index (κ1) is 9.95. The van der Waals surface area contributed by atoms with E-state index in [4.69, 9.17) is 6.58 Å². The number of hydrogen-bond acceptors (Lipinski definition) is 0. The summed E-state index contributed by atoms with van der Waals surface area (Å²) in [4.78, 5) is 1.67. The van der Waals surface area contributed by atoms with Crippen LogP contribution in [0, 0.1) is 6.58 Å². The molecule has 0 saturated heterocycles. The van der Waals surface area contributed by atoms with Crippen molar-refractivity contribution in [2.24, 2.45) is 0 Å². The van der Waals surface area contributed by atoms with Gasteiger partial charge in [-0.25, -0.2) is 0 Å². The van der Waals surface area contributed by atoms with Crippen LogP contribution in [0.15, 0.2) is 18.2 Å². The third kappa shape index (κ3) is 10.7. The van der Waals surface area contributed by atoms with Gasteiger partial charge in [-0.2, -0.15) is 0 Å². The standard InChI is InChI=1S/C5H5.Fe.H2O/c1-3-5-4-2;;/h1-5H;;1H2/q-1;+1;/b5-3-;;. The van der Waals surface area contributed by atoms with Crippen LogP contribution in [0.1, 0.15) is 0 Å². The Morgan fingerprint density at radius 1 is 1.29 bits per heavy atom. The van der Waals surface area contributed by atoms with Crippen molar-refractivity contribution in [3.05, 3.63) is 24.8 Å². The monoisotopic (exact) mass is 139 g/mol. The molecule has 0 amide bonds. The first-order chi connectivity index (χ1) is 2.91. The summed E-state index contributed by atoms with van der Waals surface area (Å²) in [6.45, 7) is 4.96. The van der Waals surface area contributed by atoms with Gasteiger partial charge >= 0.3 is 45.3 Å². The minimum atomic E-state index is 0. The minimum absolute atomic E-state index is 0. The summed E-state index contributed by atoms with van der Waals surface area (Å²) in [5, 5.41) is 0. The van der Waals surface area contributed by atoms with Crippen LogP contribution in [0.25, 0.3) is 0 Å². The Morgan fingerprint density at radius 3 is 2.00 bits per heavy atom. The van der Waals surface area contributed by atoms with Crippen molar-refractivity contribution in [1.82, 2.24) is 0 Å². The Morgan fingerprint density at radius 2 is 1.86 bits per heavy atom. The molecule has 0 radical (unpaired) electrons. The summed E-state index contributed by atoms with van der Waals surface area (Å²) >= 11 is 3.44. The van der Waals surface area contributed by atoms with Gasteiger partial charge < -0.3 is 5.48 Å². The average molecular weight is 139 g/mol. The first-order valence-corrected chi connectivity index (χ1v) is 2.17. The Balaban J connectivity index is 0. The van der Waals surface area contributed by atoms with E-state index in [1.54, 1.807) is 17.1 Å². The quantitative estimate of drug-likeness (QED) is 0.294. The molecule has 0 spiro atoms. The Kier molecular flexibility index (Phi) is 13.2. The molecule has 0 bridgehead atoms. The summed E-state index contributed by atoms with van der Waals surface area (Å²) in [5.41, 5.74) is 0. The molecule has 0 rings (SSSR count). The summed E-state index contributed by atoms with van der Waals surface area (Å²) < 4.78 is 0. The number of rotatable bonds is 2. The Bertz CT molecular complexity index is 66.1. The second-order valence-corrected chi connectivity index (χ2v) is 1.06. The van der Waals surface area contributed by atoms with Gasteiger partial charge in [0.05, 0.1) is 0 Å². The van der Waals surface area contributed by atoms with Gasteiger partial charge in [0.25, 0.3) is 0 Å². The molecule has 7 heavy (non-hydrogen) atoms. The van der Waals surface area contributed by atoms with Gasteiger partial charge in [-0.05, 0) is 0 Å². The molecule has 2 N–H and O–H groups in total. The SMILES string of the molecule is O.[CH-]=C/C=C\[CH]=[Fe+]. The maximum atomic E-state index is 4.96. The van der Waals surface area contributed by atoms with E-state index in [2.05, 4.69) is 15.6 Å². The van der Waals surface area contributed by atoms with Crippen LogP contribution >= 0.6 is 0 Å². The first-order valence-electron chi connectivity index (χ1n) is 1.54. The summed E-state index contributed by atoms with van der Waals surface area (Å²) in [6, 6.07) is 0. The van der Waals surface area contributed by atoms with Crippen molar-refractivity contribution in [3.8, 4) is 0 Å². The molecule has 0 fully saturated rings. The van der Waals surface area contributed by atoms with Crippen LogP contribution < -0.4 is 0 Å². The van der Waals surface area contributed by atoms with Gasteiger partial charge in [-0.1, -0.05) is 0 Å². The van der Waals surface area contributed by atoms with E-state index in [-0.39, 0.29) is 5.48 Å². The molecular weight excluding hydrogens is 132 g/mol. The second kappa shape index (κ2) is 9.27. The zero-order valence-electron chi connectivity index (χ0n) is 3.74. The fourth-order valence-corrected chi connectivity index (χ4v) is 0.226. The molecule has 0 heterocycles. The van der Waals surface area contributed by atoms with Crippen LogP contribution in [0.4, 0.5) is 0 Å². The van der Waals surface area contributed by atoms with E-state index in [1.807, 2.05) is 0 Å². The molecular formula is C5H7FeO. The van der Waals surface area contributed by atoms with Gasteiger partial charge in [-0.3, -0.25) is 0 Å². The zero-order valence-corrected chi connectivity index (χ0v) is 4.84. The molecule has 0 aliphatic heterocycles. The van der Waals surface area contributed by atoms with Gasteiger partial charge in [0.15, 0.2) is 0 Å². The molecule has 0 aromatic heterocycles. The fraction of sp³-hybridized carbons (Fsp3) is 0. The molecule has 0 saturated carbocycles.